The molecule has 0 heterocycles. The van der Waals surface area contributed by atoms with Gasteiger partial charge in [-0.15, -0.1) is 11.8 Å². The molecule has 1 aromatic carbocycles. The molecule has 0 bridgehead atoms. The summed E-state index contributed by atoms with van der Waals surface area (Å²) in [6.45, 7) is 2.21. The van der Waals surface area contributed by atoms with Gasteiger partial charge < -0.3 is 5.11 Å². The van der Waals surface area contributed by atoms with Crippen molar-refractivity contribution in [1.82, 2.24) is 4.72 Å². The lowest BCUT2D eigenvalue weighted by molar-refractivity contribution is -0.137. The van der Waals surface area contributed by atoms with E-state index in [1.807, 2.05) is 31.4 Å². The zero-order valence-electron chi connectivity index (χ0n) is 11.5. The first-order valence-electron chi connectivity index (χ1n) is 6.16. The third kappa shape index (κ3) is 5.94. The van der Waals surface area contributed by atoms with Gasteiger partial charge in [-0.1, -0.05) is 12.1 Å². The molecule has 0 radical (unpaired) electrons. The Morgan fingerprint density at radius 3 is 2.70 bits per heavy atom. The van der Waals surface area contributed by atoms with Gasteiger partial charge in [0.25, 0.3) is 0 Å². The number of hydrogen-bond acceptors (Lipinski definition) is 4. The highest BCUT2D eigenvalue weighted by Crippen LogP contribution is 2.21. The average molecular weight is 317 g/mol. The second kappa shape index (κ2) is 7.66. The Labute approximate surface area is 123 Å². The molecule has 0 unspecified atom stereocenters. The van der Waals surface area contributed by atoms with Gasteiger partial charge in [0.05, 0.1) is 5.75 Å². The normalized spacial score (nSPS) is 11.5. The molecule has 112 valence electrons. The molecular weight excluding hydrogens is 298 g/mol. The van der Waals surface area contributed by atoms with E-state index in [0.717, 1.165) is 16.0 Å². The van der Waals surface area contributed by atoms with Crippen molar-refractivity contribution in [2.75, 3.05) is 12.0 Å². The molecule has 0 aliphatic carbocycles. The van der Waals surface area contributed by atoms with Crippen LogP contribution in [0.3, 0.4) is 0 Å². The van der Waals surface area contributed by atoms with E-state index >= 15 is 0 Å². The van der Waals surface area contributed by atoms with Gasteiger partial charge in [-0.05, 0) is 36.8 Å². The number of rotatable bonds is 8. The average Bonchev–Trinajstić information content (AvgIpc) is 2.36. The fraction of sp³-hybridized carbons (Fsp3) is 0.462. The predicted octanol–water partition coefficient (Wildman–Crippen LogP) is 2.00. The SMILES string of the molecule is CSc1cc(C)ccc1CNS(=O)(=O)CCCC(=O)O. The van der Waals surface area contributed by atoms with Crippen LogP contribution in [0.4, 0.5) is 0 Å². The topological polar surface area (TPSA) is 83.5 Å². The van der Waals surface area contributed by atoms with Crippen molar-refractivity contribution in [2.45, 2.75) is 31.2 Å². The maximum atomic E-state index is 11.7. The molecule has 0 amide bonds. The van der Waals surface area contributed by atoms with Gasteiger partial charge in [0.2, 0.25) is 10.0 Å². The van der Waals surface area contributed by atoms with E-state index in [2.05, 4.69) is 4.72 Å². The van der Waals surface area contributed by atoms with E-state index in [1.54, 1.807) is 11.8 Å². The number of benzene rings is 1. The van der Waals surface area contributed by atoms with Crippen LogP contribution in [-0.2, 0) is 21.4 Å². The predicted molar refractivity (Wildman–Crippen MR) is 80.5 cm³/mol. The lowest BCUT2D eigenvalue weighted by Crippen LogP contribution is -2.26. The Kier molecular flexibility index (Phi) is 6.51. The molecule has 0 aliphatic rings. The minimum absolute atomic E-state index is 0.119. The number of carboxylic acid groups (broad SMARTS) is 1. The Balaban J connectivity index is 2.60. The summed E-state index contributed by atoms with van der Waals surface area (Å²) in [6.07, 6.45) is 1.93. The Bertz CT molecular complexity index is 570. The zero-order chi connectivity index (χ0) is 15.2. The molecule has 0 fully saturated rings. The monoisotopic (exact) mass is 317 g/mol. The maximum Gasteiger partial charge on any atom is 0.303 e. The molecule has 0 aromatic heterocycles. The molecule has 0 aliphatic heterocycles. The van der Waals surface area contributed by atoms with Crippen molar-refractivity contribution >= 4 is 27.8 Å². The van der Waals surface area contributed by atoms with Gasteiger partial charge in [0.15, 0.2) is 0 Å². The highest BCUT2D eigenvalue weighted by atomic mass is 32.2. The lowest BCUT2D eigenvalue weighted by Gasteiger charge is -2.10. The second-order valence-corrected chi connectivity index (χ2v) is 7.23. The van der Waals surface area contributed by atoms with Gasteiger partial charge in [-0.25, -0.2) is 13.1 Å². The summed E-state index contributed by atoms with van der Waals surface area (Å²) in [5.41, 5.74) is 2.05. The molecule has 1 rings (SSSR count). The van der Waals surface area contributed by atoms with E-state index in [-0.39, 0.29) is 25.1 Å². The Morgan fingerprint density at radius 1 is 1.40 bits per heavy atom. The summed E-state index contributed by atoms with van der Waals surface area (Å²) in [6, 6.07) is 5.85. The van der Waals surface area contributed by atoms with Gasteiger partial charge in [0, 0.05) is 17.9 Å². The van der Waals surface area contributed by atoms with Crippen LogP contribution in [-0.4, -0.2) is 31.5 Å². The molecule has 0 atom stereocenters. The van der Waals surface area contributed by atoms with Gasteiger partial charge >= 0.3 is 5.97 Å². The van der Waals surface area contributed by atoms with Crippen molar-refractivity contribution in [1.29, 1.82) is 0 Å². The first-order valence-corrected chi connectivity index (χ1v) is 9.04. The van der Waals surface area contributed by atoms with E-state index in [9.17, 15) is 13.2 Å². The number of aryl methyl sites for hydroxylation is 1. The minimum atomic E-state index is -3.43. The smallest absolute Gasteiger partial charge is 0.303 e. The van der Waals surface area contributed by atoms with E-state index in [0.29, 0.717) is 0 Å². The van der Waals surface area contributed by atoms with Gasteiger partial charge in [0.1, 0.15) is 0 Å². The lowest BCUT2D eigenvalue weighted by atomic mass is 10.1. The summed E-state index contributed by atoms with van der Waals surface area (Å²) < 4.78 is 26.0. The van der Waals surface area contributed by atoms with Crippen LogP contribution >= 0.6 is 11.8 Å². The molecule has 2 N–H and O–H groups in total. The highest BCUT2D eigenvalue weighted by molar-refractivity contribution is 7.98. The largest absolute Gasteiger partial charge is 0.481 e. The van der Waals surface area contributed by atoms with E-state index in [1.165, 1.54) is 0 Å². The zero-order valence-corrected chi connectivity index (χ0v) is 13.2. The van der Waals surface area contributed by atoms with Crippen LogP contribution in [0.1, 0.15) is 24.0 Å². The van der Waals surface area contributed by atoms with Crippen molar-refractivity contribution in [3.8, 4) is 0 Å². The van der Waals surface area contributed by atoms with Crippen LogP contribution in [0.5, 0.6) is 0 Å². The molecule has 1 aromatic rings. The third-order valence-corrected chi connectivity index (χ3v) is 4.96. The Morgan fingerprint density at radius 2 is 2.10 bits per heavy atom. The summed E-state index contributed by atoms with van der Waals surface area (Å²) >= 11 is 1.57. The fourth-order valence-corrected chi connectivity index (χ4v) is 3.42. The van der Waals surface area contributed by atoms with Crippen molar-refractivity contribution in [2.24, 2.45) is 0 Å². The van der Waals surface area contributed by atoms with Crippen LogP contribution in [0.2, 0.25) is 0 Å². The first kappa shape index (κ1) is 17.0. The molecule has 20 heavy (non-hydrogen) atoms. The van der Waals surface area contributed by atoms with Crippen molar-refractivity contribution < 1.29 is 18.3 Å². The Hall–Kier alpha value is -1.05. The van der Waals surface area contributed by atoms with Gasteiger partial charge in [-0.2, -0.15) is 0 Å². The maximum absolute atomic E-state index is 11.7. The number of hydrogen-bond donors (Lipinski definition) is 2. The first-order chi connectivity index (χ1) is 9.34. The third-order valence-electron chi connectivity index (χ3n) is 2.73. The molecule has 0 saturated heterocycles. The molecule has 0 saturated carbocycles. The second-order valence-electron chi connectivity index (χ2n) is 4.45. The number of aliphatic carboxylic acids is 1. The summed E-state index contributed by atoms with van der Waals surface area (Å²) in [5.74, 6) is -1.15. The van der Waals surface area contributed by atoms with E-state index < -0.39 is 16.0 Å². The quantitative estimate of drug-likeness (QED) is 0.717. The number of nitrogens with one attached hydrogen (secondary N) is 1. The fourth-order valence-electron chi connectivity index (χ4n) is 1.67. The minimum Gasteiger partial charge on any atom is -0.481 e. The summed E-state index contributed by atoms with van der Waals surface area (Å²) in [7, 11) is -3.43. The van der Waals surface area contributed by atoms with E-state index in [4.69, 9.17) is 5.11 Å². The molecule has 0 spiro atoms. The highest BCUT2D eigenvalue weighted by Gasteiger charge is 2.12. The summed E-state index contributed by atoms with van der Waals surface area (Å²) in [5, 5.41) is 8.49. The number of thioether (sulfide) groups is 1. The van der Waals surface area contributed by atoms with Crippen LogP contribution < -0.4 is 4.72 Å². The molecular formula is C13H19NO4S2. The molecule has 5 nitrogen and oxygen atoms in total. The van der Waals surface area contributed by atoms with Crippen LogP contribution in [0, 0.1) is 6.92 Å². The number of carbonyl (C=O) groups is 1. The van der Waals surface area contributed by atoms with Crippen molar-refractivity contribution in [3.63, 3.8) is 0 Å². The number of sulfonamides is 1. The summed E-state index contributed by atoms with van der Waals surface area (Å²) in [4.78, 5) is 11.4. The van der Waals surface area contributed by atoms with Gasteiger partial charge in [-0.3, -0.25) is 4.79 Å². The van der Waals surface area contributed by atoms with Crippen LogP contribution in [0.25, 0.3) is 0 Å². The standard InChI is InChI=1S/C13H19NO4S2/c1-10-5-6-11(12(8-10)19-2)9-14-20(17,18)7-3-4-13(15)16/h5-6,8,14H,3-4,7,9H2,1-2H3,(H,15,16). The number of carboxylic acids is 1. The van der Waals surface area contributed by atoms with Crippen molar-refractivity contribution in [3.05, 3.63) is 29.3 Å². The van der Waals surface area contributed by atoms with Crippen LogP contribution in [0.15, 0.2) is 23.1 Å². The molecule has 7 heteroatoms.